The Hall–Kier alpha value is -2.61. The number of aryl methyl sites for hydroxylation is 2. The van der Waals surface area contributed by atoms with E-state index in [0.29, 0.717) is 28.5 Å². The van der Waals surface area contributed by atoms with E-state index in [0.717, 1.165) is 0 Å². The van der Waals surface area contributed by atoms with Crippen molar-refractivity contribution in [3.05, 3.63) is 24.0 Å². The minimum Gasteiger partial charge on any atom is -0.466 e. The number of carboxylic acid groups (broad SMARTS) is 1. The normalized spacial score (nSPS) is 10.4. The zero-order valence-corrected chi connectivity index (χ0v) is 12.0. The van der Waals surface area contributed by atoms with Crippen LogP contribution in [0.2, 0.25) is 0 Å². The van der Waals surface area contributed by atoms with Gasteiger partial charge in [0.05, 0.1) is 23.1 Å². The lowest BCUT2D eigenvalue weighted by molar-refractivity contribution is 0.0503. The van der Waals surface area contributed by atoms with Gasteiger partial charge in [-0.25, -0.2) is 9.78 Å². The van der Waals surface area contributed by atoms with Crippen molar-refractivity contribution in [1.29, 1.82) is 0 Å². The van der Waals surface area contributed by atoms with E-state index in [9.17, 15) is 4.79 Å². The second-order valence-corrected chi connectivity index (χ2v) is 4.29. The summed E-state index contributed by atoms with van der Waals surface area (Å²) in [6.45, 7) is 1.94. The Morgan fingerprint density at radius 1 is 1.48 bits per heavy atom. The van der Waals surface area contributed by atoms with Crippen molar-refractivity contribution in [3.63, 3.8) is 0 Å². The Morgan fingerprint density at radius 2 is 2.24 bits per heavy atom. The molecule has 21 heavy (non-hydrogen) atoms. The molecule has 2 aromatic rings. The average molecular weight is 292 g/mol. The molecule has 8 nitrogen and oxygen atoms in total. The standard InChI is InChI=1S/C13H16N4O4/c1-8-11(21-7-20-3)5-4-10(15-8)9-6-14-17(2)12(9)16-13(18)19/h4-6,16H,7H2,1-3H3,(H,18,19). The van der Waals surface area contributed by atoms with Crippen molar-refractivity contribution in [2.24, 2.45) is 7.05 Å². The number of methoxy groups -OCH3 is 1. The van der Waals surface area contributed by atoms with Gasteiger partial charge < -0.3 is 14.6 Å². The summed E-state index contributed by atoms with van der Waals surface area (Å²) in [6, 6.07) is 3.50. The molecule has 0 fully saturated rings. The van der Waals surface area contributed by atoms with Crippen LogP contribution in [0, 0.1) is 6.92 Å². The van der Waals surface area contributed by atoms with Gasteiger partial charge in [0.2, 0.25) is 0 Å². The van der Waals surface area contributed by atoms with Crippen molar-refractivity contribution in [1.82, 2.24) is 14.8 Å². The Balaban J connectivity index is 2.34. The molecule has 0 radical (unpaired) electrons. The maximum Gasteiger partial charge on any atom is 0.410 e. The summed E-state index contributed by atoms with van der Waals surface area (Å²) in [7, 11) is 3.19. The Morgan fingerprint density at radius 3 is 2.86 bits per heavy atom. The predicted molar refractivity (Wildman–Crippen MR) is 75.3 cm³/mol. The number of nitrogens with zero attached hydrogens (tertiary/aromatic N) is 3. The molecule has 2 rings (SSSR count). The molecule has 0 bridgehead atoms. The first-order valence-electron chi connectivity index (χ1n) is 6.14. The molecule has 112 valence electrons. The fraction of sp³-hybridized carbons (Fsp3) is 0.308. The first kappa shape index (κ1) is 14.8. The smallest absolute Gasteiger partial charge is 0.410 e. The quantitative estimate of drug-likeness (QED) is 0.816. The van der Waals surface area contributed by atoms with Crippen molar-refractivity contribution in [3.8, 4) is 17.0 Å². The third-order valence-electron chi connectivity index (χ3n) is 2.81. The van der Waals surface area contributed by atoms with Crippen LogP contribution >= 0.6 is 0 Å². The number of ether oxygens (including phenoxy) is 2. The number of aromatic nitrogens is 3. The van der Waals surface area contributed by atoms with Crippen molar-refractivity contribution >= 4 is 11.9 Å². The fourth-order valence-corrected chi connectivity index (χ4v) is 1.85. The number of amides is 1. The minimum atomic E-state index is -1.16. The number of hydrogen-bond acceptors (Lipinski definition) is 5. The zero-order valence-electron chi connectivity index (χ0n) is 12.0. The van der Waals surface area contributed by atoms with Crippen molar-refractivity contribution < 1.29 is 19.4 Å². The molecule has 1 amide bonds. The first-order chi connectivity index (χ1) is 10.0. The van der Waals surface area contributed by atoms with Crippen LogP contribution < -0.4 is 10.1 Å². The van der Waals surface area contributed by atoms with Crippen LogP contribution in [0.4, 0.5) is 10.6 Å². The van der Waals surface area contributed by atoms with Gasteiger partial charge in [-0.15, -0.1) is 0 Å². The van der Waals surface area contributed by atoms with E-state index in [4.69, 9.17) is 14.6 Å². The molecule has 2 N–H and O–H groups in total. The van der Waals surface area contributed by atoms with E-state index in [-0.39, 0.29) is 6.79 Å². The molecule has 0 atom stereocenters. The van der Waals surface area contributed by atoms with Gasteiger partial charge in [0, 0.05) is 14.2 Å². The molecule has 0 saturated carbocycles. The maximum atomic E-state index is 10.8. The highest BCUT2D eigenvalue weighted by Crippen LogP contribution is 2.28. The van der Waals surface area contributed by atoms with Gasteiger partial charge in [-0.05, 0) is 19.1 Å². The molecule has 0 aliphatic rings. The van der Waals surface area contributed by atoms with Crippen LogP contribution in [0.3, 0.4) is 0 Å². The van der Waals surface area contributed by atoms with E-state index < -0.39 is 6.09 Å². The third-order valence-corrected chi connectivity index (χ3v) is 2.81. The van der Waals surface area contributed by atoms with Crippen LogP contribution in [0.25, 0.3) is 11.3 Å². The third kappa shape index (κ3) is 3.29. The van der Waals surface area contributed by atoms with Crippen LogP contribution in [0.15, 0.2) is 18.3 Å². The van der Waals surface area contributed by atoms with Gasteiger partial charge in [-0.1, -0.05) is 0 Å². The molecule has 0 unspecified atom stereocenters. The molecule has 0 aliphatic carbocycles. The lowest BCUT2D eigenvalue weighted by atomic mass is 10.2. The Kier molecular flexibility index (Phi) is 4.39. The van der Waals surface area contributed by atoms with Gasteiger partial charge in [-0.2, -0.15) is 5.10 Å². The number of carbonyl (C=O) groups is 1. The van der Waals surface area contributed by atoms with Gasteiger partial charge in [0.15, 0.2) is 6.79 Å². The number of nitrogens with one attached hydrogen (secondary N) is 1. The SMILES string of the molecule is COCOc1ccc(-c2cnn(C)c2NC(=O)O)nc1C. The minimum absolute atomic E-state index is 0.139. The number of pyridine rings is 1. The van der Waals surface area contributed by atoms with Gasteiger partial charge in [-0.3, -0.25) is 10.00 Å². The van der Waals surface area contributed by atoms with E-state index >= 15 is 0 Å². The highest BCUT2D eigenvalue weighted by atomic mass is 16.7. The summed E-state index contributed by atoms with van der Waals surface area (Å²) in [5.41, 5.74) is 1.88. The van der Waals surface area contributed by atoms with E-state index in [1.165, 1.54) is 11.8 Å². The summed E-state index contributed by atoms with van der Waals surface area (Å²) in [6.07, 6.45) is 0.402. The molecular formula is C13H16N4O4. The van der Waals surface area contributed by atoms with E-state index in [2.05, 4.69) is 15.4 Å². The molecule has 2 heterocycles. The Bertz CT molecular complexity index is 654. The predicted octanol–water partition coefficient (Wildman–Crippen LogP) is 1.86. The monoisotopic (exact) mass is 292 g/mol. The molecule has 0 aromatic carbocycles. The lowest BCUT2D eigenvalue weighted by Gasteiger charge is -2.09. The summed E-state index contributed by atoms with van der Waals surface area (Å²) < 4.78 is 11.6. The maximum absolute atomic E-state index is 10.8. The van der Waals surface area contributed by atoms with Crippen molar-refractivity contribution in [2.45, 2.75) is 6.92 Å². The molecule has 2 aromatic heterocycles. The van der Waals surface area contributed by atoms with Crippen LogP contribution in [0.1, 0.15) is 5.69 Å². The molecule has 0 spiro atoms. The second kappa shape index (κ2) is 6.23. The zero-order chi connectivity index (χ0) is 15.4. The number of hydrogen-bond donors (Lipinski definition) is 2. The Labute approximate surface area is 121 Å². The van der Waals surface area contributed by atoms with Gasteiger partial charge in [0.25, 0.3) is 0 Å². The fourth-order valence-electron chi connectivity index (χ4n) is 1.85. The van der Waals surface area contributed by atoms with Gasteiger partial charge >= 0.3 is 6.09 Å². The van der Waals surface area contributed by atoms with Crippen LogP contribution in [0.5, 0.6) is 5.75 Å². The molecule has 8 heteroatoms. The van der Waals surface area contributed by atoms with Crippen LogP contribution in [-0.2, 0) is 11.8 Å². The second-order valence-electron chi connectivity index (χ2n) is 4.29. The largest absolute Gasteiger partial charge is 0.466 e. The number of anilines is 1. The molecule has 0 aliphatic heterocycles. The summed E-state index contributed by atoms with van der Waals surface area (Å²) in [5.74, 6) is 0.970. The van der Waals surface area contributed by atoms with Crippen molar-refractivity contribution in [2.75, 3.05) is 19.2 Å². The van der Waals surface area contributed by atoms with E-state index in [1.807, 2.05) is 0 Å². The van der Waals surface area contributed by atoms with E-state index in [1.54, 1.807) is 32.3 Å². The summed E-state index contributed by atoms with van der Waals surface area (Å²) in [5, 5.41) is 15.2. The lowest BCUT2D eigenvalue weighted by Crippen LogP contribution is -2.12. The number of rotatable bonds is 5. The van der Waals surface area contributed by atoms with Gasteiger partial charge in [0.1, 0.15) is 11.6 Å². The molecule has 0 saturated heterocycles. The average Bonchev–Trinajstić information content (AvgIpc) is 2.78. The summed E-state index contributed by atoms with van der Waals surface area (Å²) >= 11 is 0. The first-order valence-corrected chi connectivity index (χ1v) is 6.14. The van der Waals surface area contributed by atoms with Crippen LogP contribution in [-0.4, -0.2) is 39.9 Å². The summed E-state index contributed by atoms with van der Waals surface area (Å²) in [4.78, 5) is 15.2. The molecular weight excluding hydrogens is 276 g/mol. The highest BCUT2D eigenvalue weighted by molar-refractivity contribution is 5.87. The highest BCUT2D eigenvalue weighted by Gasteiger charge is 2.15. The topological polar surface area (TPSA) is 98.5 Å².